The lowest BCUT2D eigenvalue weighted by atomic mass is 10.7. The lowest BCUT2D eigenvalue weighted by Gasteiger charge is -2.01. The van der Waals surface area contributed by atoms with Crippen molar-refractivity contribution >= 4 is 31.4 Å². The van der Waals surface area contributed by atoms with Crippen LogP contribution in [0, 0.1) is 0 Å². The van der Waals surface area contributed by atoms with Crippen molar-refractivity contribution < 1.29 is 43.5 Å². The third-order valence-corrected chi connectivity index (χ3v) is 5.80. The molecule has 1 aromatic rings. The summed E-state index contributed by atoms with van der Waals surface area (Å²) in [5, 5.41) is 3.28. The van der Waals surface area contributed by atoms with E-state index >= 15 is 0 Å². The highest BCUT2D eigenvalue weighted by molar-refractivity contribution is 8.01. The Morgan fingerprint density at radius 2 is 1.75 bits per heavy atom. The number of alkyl halides is 5. The molecule has 0 aromatic carbocycles. The lowest BCUT2D eigenvalue weighted by molar-refractivity contribution is -0.138. The van der Waals surface area contributed by atoms with Crippen LogP contribution in [0.15, 0.2) is 8.11 Å². The molecule has 0 spiro atoms. The minimum atomic E-state index is -5.58. The number of halogens is 6. The van der Waals surface area contributed by atoms with Crippen molar-refractivity contribution in [2.75, 3.05) is 0 Å². The van der Waals surface area contributed by atoms with Crippen molar-refractivity contribution in [3.63, 3.8) is 0 Å². The van der Waals surface area contributed by atoms with E-state index < -0.39 is 52.7 Å². The van der Waals surface area contributed by atoms with Gasteiger partial charge in [0, 0.05) is 0 Å². The Morgan fingerprint density at radius 3 is 2.10 bits per heavy atom. The minimum absolute atomic E-state index is 0.568. The molecule has 0 saturated heterocycles. The average molecular weight is 365 g/mol. The fourth-order valence-corrected chi connectivity index (χ4v) is 3.95. The summed E-state index contributed by atoms with van der Waals surface area (Å²) in [4.78, 5) is 0. The van der Waals surface area contributed by atoms with Gasteiger partial charge in [-0.3, -0.25) is 0 Å². The van der Waals surface area contributed by atoms with Crippen LogP contribution in [0.4, 0.5) is 26.5 Å². The maximum Gasteiger partial charge on any atom is 0.445 e. The number of hydrogen-bond donors (Lipinski definition) is 0. The molecule has 0 N–H and O–H groups in total. The molecule has 0 bridgehead atoms. The van der Waals surface area contributed by atoms with Gasteiger partial charge in [-0.05, 0) is 4.53 Å². The third kappa shape index (κ3) is 3.55. The molecule has 0 amide bonds. The highest BCUT2D eigenvalue weighted by atomic mass is 32.3. The summed E-state index contributed by atoms with van der Waals surface area (Å²) in [5.74, 6) is -4.16. The average Bonchev–Trinajstić information content (AvgIpc) is 2.77. The van der Waals surface area contributed by atoms with E-state index in [1.54, 1.807) is 0 Å². The van der Waals surface area contributed by atoms with Gasteiger partial charge in [-0.2, -0.15) is 30.4 Å². The molecule has 1 atom stereocenters. The number of hydrogen-bond acceptors (Lipinski definition) is 7. The van der Waals surface area contributed by atoms with Crippen molar-refractivity contribution in [2.45, 2.75) is 16.3 Å². The molecule has 0 radical (unpaired) electrons. The van der Waals surface area contributed by atoms with Crippen molar-refractivity contribution in [1.82, 2.24) is 10.2 Å². The topological polar surface area (TPSA) is 98.6 Å². The van der Waals surface area contributed by atoms with Gasteiger partial charge in [-0.15, -0.1) is 10.2 Å². The molecule has 0 aliphatic heterocycles. The fourth-order valence-electron chi connectivity index (χ4n) is 0.669. The third-order valence-electron chi connectivity index (χ3n) is 1.39. The van der Waals surface area contributed by atoms with Crippen LogP contribution in [-0.4, -0.2) is 28.6 Å². The van der Waals surface area contributed by atoms with Gasteiger partial charge in [0.05, 0.1) is 0 Å². The van der Waals surface area contributed by atoms with Crippen molar-refractivity contribution in [2.24, 2.45) is 3.77 Å². The smallest absolute Gasteiger partial charge is 0.211 e. The van der Waals surface area contributed by atoms with E-state index in [0.29, 0.717) is 0 Å². The first-order valence-corrected chi connectivity index (χ1v) is 7.69. The second-order valence-corrected chi connectivity index (χ2v) is 7.44. The van der Waals surface area contributed by atoms with Crippen LogP contribution in [0.3, 0.4) is 0 Å². The first-order chi connectivity index (χ1) is 8.92. The number of aromatic nitrogens is 2. The summed E-state index contributed by atoms with van der Waals surface area (Å²) in [7, 11) is -10.9. The van der Waals surface area contributed by atoms with Gasteiger partial charge < -0.3 is 0 Å². The van der Waals surface area contributed by atoms with E-state index in [9.17, 15) is 39.1 Å². The summed E-state index contributed by atoms with van der Waals surface area (Å²) in [6.45, 7) is 0. The SMILES string of the molecule is O=S(=O)(N=S(=O)(OF)C(F)F)c1nnc(C(F)(F)F)s1. The maximum absolute atomic E-state index is 12.1. The highest BCUT2D eigenvalue weighted by Gasteiger charge is 2.38. The summed E-state index contributed by atoms with van der Waals surface area (Å²) in [6.07, 6.45) is -5.04. The first kappa shape index (κ1) is 17.1. The maximum atomic E-state index is 12.1. The molecule has 116 valence electrons. The van der Waals surface area contributed by atoms with Crippen LogP contribution in [0.5, 0.6) is 0 Å². The zero-order chi connectivity index (χ0) is 15.8. The Hall–Kier alpha value is -1.00. The molecule has 0 aliphatic carbocycles. The molecule has 0 aliphatic rings. The second kappa shape index (κ2) is 5.41. The van der Waals surface area contributed by atoms with Crippen LogP contribution in [0.25, 0.3) is 0 Å². The predicted molar refractivity (Wildman–Crippen MR) is 50.9 cm³/mol. The molecule has 1 aromatic heterocycles. The number of nitrogens with zero attached hydrogens (tertiary/aromatic N) is 3. The minimum Gasteiger partial charge on any atom is -0.211 e. The Balaban J connectivity index is 3.36. The normalized spacial score (nSPS) is 16.1. The highest BCUT2D eigenvalue weighted by Crippen LogP contribution is 2.33. The van der Waals surface area contributed by atoms with Crippen molar-refractivity contribution in [1.29, 1.82) is 0 Å². The van der Waals surface area contributed by atoms with Crippen LogP contribution in [0.2, 0.25) is 0 Å². The van der Waals surface area contributed by atoms with Gasteiger partial charge in [-0.1, -0.05) is 19.5 Å². The lowest BCUT2D eigenvalue weighted by Crippen LogP contribution is -2.14. The summed E-state index contributed by atoms with van der Waals surface area (Å²) in [6, 6.07) is 0. The fraction of sp³-hybridized carbons (Fsp3) is 0.500. The van der Waals surface area contributed by atoms with Gasteiger partial charge in [0.2, 0.25) is 5.01 Å². The predicted octanol–water partition coefficient (Wildman–Crippen LogP) is 1.75. The quantitative estimate of drug-likeness (QED) is 0.754. The second-order valence-electron chi connectivity index (χ2n) is 2.76. The molecule has 1 heterocycles. The van der Waals surface area contributed by atoms with E-state index in [0.717, 1.165) is 0 Å². The number of sulfonamides is 1. The van der Waals surface area contributed by atoms with Crippen LogP contribution < -0.4 is 0 Å². The van der Waals surface area contributed by atoms with E-state index in [1.807, 2.05) is 3.77 Å². The first-order valence-electron chi connectivity index (χ1n) is 3.93. The molecular weight excluding hydrogens is 364 g/mol. The molecule has 16 heteroatoms. The molecule has 1 rings (SSSR count). The Bertz CT molecular complexity index is 701. The van der Waals surface area contributed by atoms with Crippen LogP contribution in [-0.2, 0) is 30.6 Å². The monoisotopic (exact) mass is 365 g/mol. The zero-order valence-electron chi connectivity index (χ0n) is 8.54. The van der Waals surface area contributed by atoms with Crippen molar-refractivity contribution in [3.8, 4) is 0 Å². The number of rotatable bonds is 4. The van der Waals surface area contributed by atoms with Crippen LogP contribution >= 0.6 is 11.3 Å². The molecule has 0 fully saturated rings. The molecular formula is C4HF6N3O4S3. The summed E-state index contributed by atoms with van der Waals surface area (Å²) >= 11 is -0.568. The Kier molecular flexibility index (Phi) is 4.62. The van der Waals surface area contributed by atoms with Crippen molar-refractivity contribution in [3.05, 3.63) is 5.01 Å². The Morgan fingerprint density at radius 1 is 1.20 bits per heavy atom. The summed E-state index contributed by atoms with van der Waals surface area (Å²) in [5.41, 5.74) is 0. The van der Waals surface area contributed by atoms with Gasteiger partial charge in [0.15, 0.2) is 0 Å². The molecule has 7 nitrogen and oxygen atoms in total. The van der Waals surface area contributed by atoms with Crippen LogP contribution in [0.1, 0.15) is 5.01 Å². The van der Waals surface area contributed by atoms with E-state index in [-0.39, 0.29) is 0 Å². The Labute approximate surface area is 110 Å². The van der Waals surface area contributed by atoms with Gasteiger partial charge in [0.25, 0.3) is 14.3 Å². The largest absolute Gasteiger partial charge is 0.445 e. The van der Waals surface area contributed by atoms with E-state index in [2.05, 4.69) is 14.6 Å². The summed E-state index contributed by atoms with van der Waals surface area (Å²) < 4.78 is 109. The van der Waals surface area contributed by atoms with Gasteiger partial charge in [-0.25, -0.2) is 4.21 Å². The molecule has 1 unspecified atom stereocenters. The van der Waals surface area contributed by atoms with Gasteiger partial charge in [0.1, 0.15) is 0 Å². The van der Waals surface area contributed by atoms with E-state index in [1.165, 1.54) is 0 Å². The molecule has 20 heavy (non-hydrogen) atoms. The zero-order valence-corrected chi connectivity index (χ0v) is 11.0. The standard InChI is InChI=1S/C4HF6N3O4S3/c5-2(6)20(16,17-10)13-19(14,15)3-12-11-1(18-3)4(7,8)9/h2H. The van der Waals surface area contributed by atoms with Gasteiger partial charge >= 0.3 is 22.0 Å². The molecule has 0 saturated carbocycles. The van der Waals surface area contributed by atoms with E-state index in [4.69, 9.17) is 0 Å².